The highest BCUT2D eigenvalue weighted by Crippen LogP contribution is 2.20. The number of nitrogens with one attached hydrogen (secondary N) is 3. The lowest BCUT2D eigenvalue weighted by atomic mass is 10.1. The fourth-order valence-corrected chi connectivity index (χ4v) is 2.37. The number of hydrogen-bond acceptors (Lipinski definition) is 3. The maximum Gasteiger partial charge on any atom is 0.312 e. The van der Waals surface area contributed by atoms with Crippen LogP contribution in [0.5, 0.6) is 0 Å². The Morgan fingerprint density at radius 3 is 2.04 bits per heavy atom. The van der Waals surface area contributed by atoms with Crippen LogP contribution in [0.1, 0.15) is 39.1 Å². The van der Waals surface area contributed by atoms with E-state index in [0.29, 0.717) is 29.4 Å². The number of benzene rings is 2. The minimum absolute atomic E-state index is 0.0921. The second-order valence-corrected chi connectivity index (χ2v) is 6.19. The Morgan fingerprint density at radius 1 is 0.885 bits per heavy atom. The van der Waals surface area contributed by atoms with E-state index in [4.69, 9.17) is 5.73 Å². The highest BCUT2D eigenvalue weighted by molar-refractivity contribution is 6.04. The predicted octanol–water partition coefficient (Wildman–Crippen LogP) is 2.00. The zero-order chi connectivity index (χ0) is 18.5. The summed E-state index contributed by atoms with van der Waals surface area (Å²) < 4.78 is 0. The van der Waals surface area contributed by atoms with Gasteiger partial charge in [0.2, 0.25) is 0 Å². The van der Waals surface area contributed by atoms with E-state index >= 15 is 0 Å². The lowest BCUT2D eigenvalue weighted by Crippen LogP contribution is -2.28. The molecule has 0 heterocycles. The zero-order valence-corrected chi connectivity index (χ0v) is 14.1. The summed E-state index contributed by atoms with van der Waals surface area (Å²) in [4.78, 5) is 34.9. The molecular formula is C19H20N4O3. The summed E-state index contributed by atoms with van der Waals surface area (Å²) in [5, 5.41) is 8.19. The van der Waals surface area contributed by atoms with Gasteiger partial charge < -0.3 is 21.7 Å². The molecule has 0 unspecified atom stereocenters. The van der Waals surface area contributed by atoms with Crippen LogP contribution in [0.3, 0.4) is 0 Å². The van der Waals surface area contributed by atoms with Crippen molar-refractivity contribution >= 4 is 23.5 Å². The van der Waals surface area contributed by atoms with Gasteiger partial charge in [0, 0.05) is 29.4 Å². The largest absolute Gasteiger partial charge is 0.352 e. The quantitative estimate of drug-likeness (QED) is 0.637. The third-order valence-corrected chi connectivity index (χ3v) is 4.00. The van der Waals surface area contributed by atoms with Crippen molar-refractivity contribution < 1.29 is 14.4 Å². The second-order valence-electron chi connectivity index (χ2n) is 6.19. The lowest BCUT2D eigenvalue weighted by molar-refractivity contribution is 0.0950. The number of urea groups is 1. The van der Waals surface area contributed by atoms with Gasteiger partial charge in [0.15, 0.2) is 0 Å². The molecule has 0 atom stereocenters. The smallest absolute Gasteiger partial charge is 0.312 e. The molecule has 26 heavy (non-hydrogen) atoms. The molecular weight excluding hydrogens is 332 g/mol. The molecule has 2 aromatic rings. The van der Waals surface area contributed by atoms with E-state index in [1.165, 1.54) is 0 Å². The standard InChI is InChI=1S/C19H20N4O3/c20-19(26)21-11-12-1-3-13(4-2-12)17(24)22-15-7-5-14(6-8-15)18(25)23-16-9-10-16/h1-8,16H,9-11H2,(H,22,24)(H,23,25)(H3,20,21,26). The number of amides is 4. The number of anilines is 1. The Morgan fingerprint density at radius 2 is 1.46 bits per heavy atom. The summed E-state index contributed by atoms with van der Waals surface area (Å²) in [7, 11) is 0. The van der Waals surface area contributed by atoms with E-state index in [1.807, 2.05) is 0 Å². The van der Waals surface area contributed by atoms with Gasteiger partial charge in [0.1, 0.15) is 0 Å². The van der Waals surface area contributed by atoms with Crippen LogP contribution >= 0.6 is 0 Å². The van der Waals surface area contributed by atoms with Crippen molar-refractivity contribution in [2.75, 3.05) is 5.32 Å². The average Bonchev–Trinajstić information content (AvgIpc) is 3.45. The molecule has 1 aliphatic rings. The monoisotopic (exact) mass is 352 g/mol. The predicted molar refractivity (Wildman–Crippen MR) is 97.7 cm³/mol. The Labute approximate surface area is 151 Å². The first-order valence-electron chi connectivity index (χ1n) is 8.36. The molecule has 134 valence electrons. The van der Waals surface area contributed by atoms with Gasteiger partial charge in [-0.2, -0.15) is 0 Å². The molecule has 3 rings (SSSR count). The van der Waals surface area contributed by atoms with E-state index in [-0.39, 0.29) is 11.8 Å². The van der Waals surface area contributed by atoms with Gasteiger partial charge in [-0.25, -0.2) is 4.79 Å². The van der Waals surface area contributed by atoms with Crippen molar-refractivity contribution in [2.24, 2.45) is 5.73 Å². The Hall–Kier alpha value is -3.35. The Balaban J connectivity index is 1.56. The number of hydrogen-bond donors (Lipinski definition) is 4. The van der Waals surface area contributed by atoms with E-state index < -0.39 is 6.03 Å². The molecule has 5 N–H and O–H groups in total. The fourth-order valence-electron chi connectivity index (χ4n) is 2.37. The van der Waals surface area contributed by atoms with Crippen molar-refractivity contribution in [3.8, 4) is 0 Å². The third kappa shape index (κ3) is 4.83. The minimum atomic E-state index is -0.596. The van der Waals surface area contributed by atoms with Crippen molar-refractivity contribution in [1.29, 1.82) is 0 Å². The average molecular weight is 352 g/mol. The molecule has 0 bridgehead atoms. The number of carbonyl (C=O) groups is 3. The number of rotatable bonds is 6. The molecule has 7 nitrogen and oxygen atoms in total. The van der Waals surface area contributed by atoms with Crippen LogP contribution in [0.2, 0.25) is 0 Å². The fraction of sp³-hybridized carbons (Fsp3) is 0.211. The van der Waals surface area contributed by atoms with Gasteiger partial charge in [-0.1, -0.05) is 12.1 Å². The third-order valence-electron chi connectivity index (χ3n) is 4.00. The van der Waals surface area contributed by atoms with Gasteiger partial charge in [0.25, 0.3) is 11.8 Å². The molecule has 0 aliphatic heterocycles. The zero-order valence-electron chi connectivity index (χ0n) is 14.1. The van der Waals surface area contributed by atoms with Crippen LogP contribution in [-0.2, 0) is 6.54 Å². The van der Waals surface area contributed by atoms with E-state index in [0.717, 1.165) is 18.4 Å². The molecule has 4 amide bonds. The second kappa shape index (κ2) is 7.69. The Kier molecular flexibility index (Phi) is 5.17. The molecule has 7 heteroatoms. The molecule has 0 aromatic heterocycles. The molecule has 1 aliphatic carbocycles. The Bertz CT molecular complexity index is 812. The number of carbonyl (C=O) groups excluding carboxylic acids is 3. The summed E-state index contributed by atoms with van der Waals surface area (Å²) >= 11 is 0. The summed E-state index contributed by atoms with van der Waals surface area (Å²) in [5.74, 6) is -0.347. The van der Waals surface area contributed by atoms with Crippen molar-refractivity contribution in [3.05, 3.63) is 65.2 Å². The van der Waals surface area contributed by atoms with E-state index in [2.05, 4.69) is 16.0 Å². The van der Waals surface area contributed by atoms with Crippen LogP contribution < -0.4 is 21.7 Å². The van der Waals surface area contributed by atoms with Crippen molar-refractivity contribution in [2.45, 2.75) is 25.4 Å². The van der Waals surface area contributed by atoms with Gasteiger partial charge in [-0.05, 0) is 54.8 Å². The van der Waals surface area contributed by atoms with Crippen LogP contribution in [0.25, 0.3) is 0 Å². The topological polar surface area (TPSA) is 113 Å². The van der Waals surface area contributed by atoms with Crippen molar-refractivity contribution in [3.63, 3.8) is 0 Å². The first-order valence-corrected chi connectivity index (χ1v) is 8.36. The van der Waals surface area contributed by atoms with E-state index in [1.54, 1.807) is 48.5 Å². The summed E-state index contributed by atoms with van der Waals surface area (Å²) in [6.07, 6.45) is 2.08. The van der Waals surface area contributed by atoms with Crippen LogP contribution in [0.15, 0.2) is 48.5 Å². The molecule has 1 fully saturated rings. The van der Waals surface area contributed by atoms with Crippen molar-refractivity contribution in [1.82, 2.24) is 10.6 Å². The van der Waals surface area contributed by atoms with Crippen LogP contribution in [0, 0.1) is 0 Å². The van der Waals surface area contributed by atoms with Gasteiger partial charge >= 0.3 is 6.03 Å². The minimum Gasteiger partial charge on any atom is -0.352 e. The van der Waals surface area contributed by atoms with Crippen LogP contribution in [0.4, 0.5) is 10.5 Å². The molecule has 2 aromatic carbocycles. The number of primary amides is 1. The lowest BCUT2D eigenvalue weighted by Gasteiger charge is -2.08. The number of nitrogens with two attached hydrogens (primary N) is 1. The summed E-state index contributed by atoms with van der Waals surface area (Å²) in [6.45, 7) is 0.307. The summed E-state index contributed by atoms with van der Waals surface area (Å²) in [5.41, 5.74) is 7.53. The highest BCUT2D eigenvalue weighted by atomic mass is 16.2. The highest BCUT2D eigenvalue weighted by Gasteiger charge is 2.23. The van der Waals surface area contributed by atoms with Crippen LogP contribution in [-0.4, -0.2) is 23.9 Å². The molecule has 0 radical (unpaired) electrons. The first-order chi connectivity index (χ1) is 12.5. The van der Waals surface area contributed by atoms with Gasteiger partial charge in [-0.15, -0.1) is 0 Å². The SMILES string of the molecule is NC(=O)NCc1ccc(C(=O)Nc2ccc(C(=O)NC3CC3)cc2)cc1. The molecule has 0 saturated heterocycles. The molecule has 1 saturated carbocycles. The normalized spacial score (nSPS) is 12.9. The summed E-state index contributed by atoms with van der Waals surface area (Å²) in [6, 6.07) is 13.3. The van der Waals surface area contributed by atoms with E-state index in [9.17, 15) is 14.4 Å². The van der Waals surface area contributed by atoms with Gasteiger partial charge in [0.05, 0.1) is 0 Å². The van der Waals surface area contributed by atoms with Gasteiger partial charge in [-0.3, -0.25) is 9.59 Å². The maximum atomic E-state index is 12.3. The maximum absolute atomic E-state index is 12.3. The molecule has 0 spiro atoms. The first kappa shape index (κ1) is 17.5.